The lowest BCUT2D eigenvalue weighted by Crippen LogP contribution is -2.07. The van der Waals surface area contributed by atoms with E-state index in [4.69, 9.17) is 0 Å². The maximum Gasteiger partial charge on any atom is 0.174 e. The molecule has 3 rings (SSSR count). The van der Waals surface area contributed by atoms with E-state index in [2.05, 4.69) is 51.6 Å². The molecule has 2 heterocycles. The molecular weight excluding hydrogens is 274 g/mol. The van der Waals surface area contributed by atoms with E-state index in [1.165, 1.54) is 11.1 Å². The fraction of sp³-hybridized carbons (Fsp3) is 0.235. The second-order valence-electron chi connectivity index (χ2n) is 5.44. The largest absolute Gasteiger partial charge is 0.365 e. The van der Waals surface area contributed by atoms with Gasteiger partial charge in [-0.05, 0) is 32.4 Å². The van der Waals surface area contributed by atoms with Gasteiger partial charge in [-0.1, -0.05) is 29.8 Å². The number of benzene rings is 1. The highest BCUT2D eigenvalue weighted by Gasteiger charge is 2.06. The molecule has 5 heteroatoms. The average molecular weight is 293 g/mol. The minimum Gasteiger partial charge on any atom is -0.365 e. The number of anilines is 1. The van der Waals surface area contributed by atoms with Gasteiger partial charge in [-0.2, -0.15) is 5.10 Å². The van der Waals surface area contributed by atoms with Crippen LogP contribution in [0, 0.1) is 20.8 Å². The molecule has 0 unspecified atom stereocenters. The van der Waals surface area contributed by atoms with E-state index >= 15 is 0 Å². The van der Waals surface area contributed by atoms with Crippen LogP contribution in [0.3, 0.4) is 0 Å². The van der Waals surface area contributed by atoms with Gasteiger partial charge in [0.05, 0.1) is 18.1 Å². The predicted octanol–water partition coefficient (Wildman–Crippen LogP) is 3.20. The topological polar surface area (TPSA) is 55.6 Å². The fourth-order valence-electron chi connectivity index (χ4n) is 2.42. The maximum absolute atomic E-state index is 4.58. The highest BCUT2D eigenvalue weighted by Crippen LogP contribution is 2.12. The molecule has 0 radical (unpaired) electrons. The third-order valence-electron chi connectivity index (χ3n) is 3.40. The van der Waals surface area contributed by atoms with Crippen molar-refractivity contribution in [3.63, 3.8) is 0 Å². The van der Waals surface area contributed by atoms with Gasteiger partial charge >= 0.3 is 0 Å². The van der Waals surface area contributed by atoms with E-state index in [0.717, 1.165) is 29.6 Å². The lowest BCUT2D eigenvalue weighted by molar-refractivity contribution is 0.799. The van der Waals surface area contributed by atoms with Gasteiger partial charge in [0.15, 0.2) is 5.82 Å². The van der Waals surface area contributed by atoms with Crippen LogP contribution in [0.5, 0.6) is 0 Å². The molecule has 2 aromatic heterocycles. The fourth-order valence-corrected chi connectivity index (χ4v) is 2.42. The van der Waals surface area contributed by atoms with Gasteiger partial charge in [-0.15, -0.1) is 0 Å². The van der Waals surface area contributed by atoms with Crippen LogP contribution in [0.25, 0.3) is 5.82 Å². The minimum absolute atomic E-state index is 0.719. The van der Waals surface area contributed by atoms with Gasteiger partial charge in [0.1, 0.15) is 5.82 Å². The van der Waals surface area contributed by atoms with Crippen LogP contribution in [0.15, 0.2) is 42.7 Å². The Labute approximate surface area is 130 Å². The zero-order valence-electron chi connectivity index (χ0n) is 13.0. The van der Waals surface area contributed by atoms with Crippen molar-refractivity contribution in [1.29, 1.82) is 0 Å². The Hall–Kier alpha value is -2.69. The van der Waals surface area contributed by atoms with Crippen LogP contribution < -0.4 is 5.32 Å². The molecule has 112 valence electrons. The van der Waals surface area contributed by atoms with Gasteiger partial charge in [-0.25, -0.2) is 9.67 Å². The summed E-state index contributed by atoms with van der Waals surface area (Å²) in [7, 11) is 0. The molecule has 0 saturated heterocycles. The van der Waals surface area contributed by atoms with Crippen molar-refractivity contribution >= 4 is 5.82 Å². The average Bonchev–Trinajstić information content (AvgIpc) is 2.84. The standard InChI is InChI=1S/C17H19N5/c1-12-5-4-6-15(7-12)9-19-16-10-18-11-17(20-16)22-14(3)8-13(2)21-22/h4-8,10-11H,9H2,1-3H3,(H,19,20). The van der Waals surface area contributed by atoms with E-state index in [1.807, 2.05) is 19.9 Å². The smallest absolute Gasteiger partial charge is 0.174 e. The van der Waals surface area contributed by atoms with Crippen LogP contribution in [-0.2, 0) is 6.54 Å². The minimum atomic E-state index is 0.719. The Kier molecular flexibility index (Phi) is 3.87. The van der Waals surface area contributed by atoms with Gasteiger partial charge in [0.2, 0.25) is 0 Å². The number of rotatable bonds is 4. The summed E-state index contributed by atoms with van der Waals surface area (Å²) in [5.41, 5.74) is 4.49. The first-order chi connectivity index (χ1) is 10.6. The number of hydrogen-bond acceptors (Lipinski definition) is 4. The summed E-state index contributed by atoms with van der Waals surface area (Å²) in [5, 5.41) is 7.75. The Bertz CT molecular complexity index is 791. The molecule has 0 aliphatic carbocycles. The number of nitrogens with zero attached hydrogens (tertiary/aromatic N) is 4. The molecule has 0 aliphatic rings. The van der Waals surface area contributed by atoms with Gasteiger partial charge in [0, 0.05) is 12.2 Å². The normalized spacial score (nSPS) is 10.7. The second-order valence-corrected chi connectivity index (χ2v) is 5.44. The molecule has 22 heavy (non-hydrogen) atoms. The summed E-state index contributed by atoms with van der Waals surface area (Å²) in [6, 6.07) is 10.4. The summed E-state index contributed by atoms with van der Waals surface area (Å²) < 4.78 is 1.81. The van der Waals surface area contributed by atoms with E-state index < -0.39 is 0 Å². The molecule has 0 amide bonds. The Morgan fingerprint density at radius 1 is 1.09 bits per heavy atom. The number of hydrogen-bond donors (Lipinski definition) is 1. The number of aromatic nitrogens is 4. The summed E-state index contributed by atoms with van der Waals surface area (Å²) in [6.45, 7) is 6.79. The Morgan fingerprint density at radius 3 is 2.68 bits per heavy atom. The summed E-state index contributed by atoms with van der Waals surface area (Å²) in [5.74, 6) is 1.46. The van der Waals surface area contributed by atoms with Crippen molar-refractivity contribution in [3.05, 3.63) is 65.2 Å². The van der Waals surface area contributed by atoms with Crippen molar-refractivity contribution in [2.75, 3.05) is 5.32 Å². The third-order valence-corrected chi connectivity index (χ3v) is 3.40. The van der Waals surface area contributed by atoms with Crippen LogP contribution in [0.4, 0.5) is 5.82 Å². The number of nitrogens with one attached hydrogen (secondary N) is 1. The SMILES string of the molecule is Cc1cccc(CNc2cncc(-n3nc(C)cc3C)n2)c1. The van der Waals surface area contributed by atoms with E-state index in [0.29, 0.717) is 0 Å². The van der Waals surface area contributed by atoms with Crippen LogP contribution >= 0.6 is 0 Å². The monoisotopic (exact) mass is 293 g/mol. The third kappa shape index (κ3) is 3.14. The molecule has 0 fully saturated rings. The molecule has 1 N–H and O–H groups in total. The van der Waals surface area contributed by atoms with Gasteiger partial charge in [0.25, 0.3) is 0 Å². The molecule has 5 nitrogen and oxygen atoms in total. The van der Waals surface area contributed by atoms with Crippen LogP contribution in [-0.4, -0.2) is 19.7 Å². The highest BCUT2D eigenvalue weighted by atomic mass is 15.3. The molecule has 1 aromatic carbocycles. The zero-order valence-corrected chi connectivity index (χ0v) is 13.0. The molecule has 0 atom stereocenters. The summed E-state index contributed by atoms with van der Waals surface area (Å²) in [4.78, 5) is 8.84. The van der Waals surface area contributed by atoms with Crippen LogP contribution in [0.2, 0.25) is 0 Å². The quantitative estimate of drug-likeness (QED) is 0.802. The zero-order chi connectivity index (χ0) is 15.5. The van der Waals surface area contributed by atoms with Crippen molar-refractivity contribution in [2.24, 2.45) is 0 Å². The van der Waals surface area contributed by atoms with E-state index in [1.54, 1.807) is 17.1 Å². The van der Waals surface area contributed by atoms with Crippen molar-refractivity contribution in [3.8, 4) is 5.82 Å². The first kappa shape index (κ1) is 14.3. The van der Waals surface area contributed by atoms with Crippen molar-refractivity contribution in [2.45, 2.75) is 27.3 Å². The lowest BCUT2D eigenvalue weighted by Gasteiger charge is -2.08. The van der Waals surface area contributed by atoms with Gasteiger partial charge < -0.3 is 5.32 Å². The first-order valence-electron chi connectivity index (χ1n) is 7.27. The first-order valence-corrected chi connectivity index (χ1v) is 7.27. The molecule has 3 aromatic rings. The predicted molar refractivity (Wildman–Crippen MR) is 87.1 cm³/mol. The Morgan fingerprint density at radius 2 is 1.95 bits per heavy atom. The van der Waals surface area contributed by atoms with Crippen molar-refractivity contribution in [1.82, 2.24) is 19.7 Å². The summed E-state index contributed by atoms with van der Waals surface area (Å²) >= 11 is 0. The molecular formula is C17H19N5. The molecule has 0 aliphatic heterocycles. The molecule has 0 bridgehead atoms. The van der Waals surface area contributed by atoms with E-state index in [-0.39, 0.29) is 0 Å². The maximum atomic E-state index is 4.58. The molecule has 0 saturated carbocycles. The van der Waals surface area contributed by atoms with E-state index in [9.17, 15) is 0 Å². The van der Waals surface area contributed by atoms with Gasteiger partial charge in [-0.3, -0.25) is 4.98 Å². The lowest BCUT2D eigenvalue weighted by atomic mass is 10.1. The summed E-state index contributed by atoms with van der Waals surface area (Å²) in [6.07, 6.45) is 3.45. The molecule has 0 spiro atoms. The van der Waals surface area contributed by atoms with Crippen LogP contribution in [0.1, 0.15) is 22.5 Å². The Balaban J connectivity index is 1.78. The second kappa shape index (κ2) is 5.97. The highest BCUT2D eigenvalue weighted by molar-refractivity contribution is 5.38. The number of aryl methyl sites for hydroxylation is 3. The van der Waals surface area contributed by atoms with Crippen molar-refractivity contribution < 1.29 is 0 Å².